The highest BCUT2D eigenvalue weighted by Crippen LogP contribution is 2.23. The molecule has 1 N–H and O–H groups in total. The maximum atomic E-state index is 12.7. The van der Waals surface area contributed by atoms with E-state index in [0.717, 1.165) is 0 Å². The Hall–Kier alpha value is -1.89. The quantitative estimate of drug-likeness (QED) is 0.883. The molecular weight excluding hydrogens is 318 g/mol. The molecule has 0 bridgehead atoms. The minimum absolute atomic E-state index is 0.0188. The van der Waals surface area contributed by atoms with Gasteiger partial charge in [0.1, 0.15) is 0 Å². The van der Waals surface area contributed by atoms with Crippen LogP contribution in [0.3, 0.4) is 0 Å². The van der Waals surface area contributed by atoms with E-state index in [2.05, 4.69) is 0 Å². The first-order chi connectivity index (χ1) is 10.9. The molecule has 0 aliphatic carbocycles. The van der Waals surface area contributed by atoms with E-state index in [4.69, 9.17) is 5.11 Å². The Kier molecular flexibility index (Phi) is 5.41. The van der Waals surface area contributed by atoms with E-state index >= 15 is 0 Å². The number of sulfone groups is 1. The predicted molar refractivity (Wildman–Crippen MR) is 85.0 cm³/mol. The van der Waals surface area contributed by atoms with Gasteiger partial charge in [-0.1, -0.05) is 19.1 Å². The molecule has 0 saturated carbocycles. The Morgan fingerprint density at radius 1 is 1.30 bits per heavy atom. The fourth-order valence-corrected chi connectivity index (χ4v) is 4.36. The summed E-state index contributed by atoms with van der Waals surface area (Å²) in [6, 6.07) is 6.15. The average Bonchev–Trinajstić information content (AvgIpc) is 2.54. The summed E-state index contributed by atoms with van der Waals surface area (Å²) in [5.41, 5.74) is 0.131. The van der Waals surface area contributed by atoms with Gasteiger partial charge in [0, 0.05) is 13.1 Å². The molecule has 1 fully saturated rings. The first-order valence-electron chi connectivity index (χ1n) is 7.70. The molecule has 1 unspecified atom stereocenters. The van der Waals surface area contributed by atoms with Crippen LogP contribution in [0.5, 0.6) is 0 Å². The molecule has 1 aromatic carbocycles. The van der Waals surface area contributed by atoms with Crippen LogP contribution in [-0.4, -0.2) is 49.1 Å². The van der Waals surface area contributed by atoms with Gasteiger partial charge in [-0.25, -0.2) is 8.42 Å². The molecule has 0 spiro atoms. The van der Waals surface area contributed by atoms with Crippen LogP contribution < -0.4 is 0 Å². The predicted octanol–water partition coefficient (Wildman–Crippen LogP) is 1.81. The zero-order valence-electron chi connectivity index (χ0n) is 13.1. The zero-order chi connectivity index (χ0) is 17.0. The molecule has 1 aliphatic heterocycles. The van der Waals surface area contributed by atoms with E-state index in [9.17, 15) is 18.0 Å². The molecule has 7 heteroatoms. The van der Waals surface area contributed by atoms with Crippen LogP contribution in [0.2, 0.25) is 0 Å². The highest BCUT2D eigenvalue weighted by atomic mass is 32.2. The number of carbonyl (C=O) groups is 2. The number of hydrogen-bond acceptors (Lipinski definition) is 4. The Bertz CT molecular complexity index is 698. The molecule has 0 radical (unpaired) electrons. The van der Waals surface area contributed by atoms with Gasteiger partial charge in [0.05, 0.1) is 22.1 Å². The van der Waals surface area contributed by atoms with Gasteiger partial charge in [0.2, 0.25) is 0 Å². The third kappa shape index (κ3) is 3.90. The number of aliphatic carboxylic acids is 1. The molecule has 1 heterocycles. The van der Waals surface area contributed by atoms with E-state index in [1.807, 2.05) is 0 Å². The van der Waals surface area contributed by atoms with Crippen molar-refractivity contribution in [3.63, 3.8) is 0 Å². The topological polar surface area (TPSA) is 91.8 Å². The SMILES string of the molecule is CCCS(=O)(=O)c1ccccc1C(=O)N1CCCC(C(=O)O)C1. The van der Waals surface area contributed by atoms with Crippen molar-refractivity contribution in [2.75, 3.05) is 18.8 Å². The van der Waals surface area contributed by atoms with E-state index < -0.39 is 27.6 Å². The third-order valence-corrected chi connectivity index (χ3v) is 5.96. The number of carboxylic acids is 1. The van der Waals surface area contributed by atoms with Crippen molar-refractivity contribution in [3.8, 4) is 0 Å². The smallest absolute Gasteiger partial charge is 0.308 e. The second kappa shape index (κ2) is 7.12. The van der Waals surface area contributed by atoms with E-state index in [1.165, 1.54) is 17.0 Å². The van der Waals surface area contributed by atoms with Crippen molar-refractivity contribution in [2.24, 2.45) is 5.92 Å². The van der Waals surface area contributed by atoms with Gasteiger partial charge in [0.25, 0.3) is 5.91 Å². The highest BCUT2D eigenvalue weighted by molar-refractivity contribution is 7.91. The maximum absolute atomic E-state index is 12.7. The second-order valence-corrected chi connectivity index (χ2v) is 7.82. The molecule has 1 aromatic rings. The minimum Gasteiger partial charge on any atom is -0.481 e. The molecule has 2 rings (SSSR count). The number of piperidine rings is 1. The minimum atomic E-state index is -3.52. The van der Waals surface area contributed by atoms with Gasteiger partial charge in [-0.15, -0.1) is 0 Å². The number of hydrogen-bond donors (Lipinski definition) is 1. The van der Waals surface area contributed by atoms with Crippen LogP contribution in [-0.2, 0) is 14.6 Å². The molecule has 1 atom stereocenters. The first-order valence-corrected chi connectivity index (χ1v) is 9.36. The lowest BCUT2D eigenvalue weighted by atomic mass is 9.97. The van der Waals surface area contributed by atoms with Gasteiger partial charge < -0.3 is 10.0 Å². The van der Waals surface area contributed by atoms with Gasteiger partial charge in [0.15, 0.2) is 9.84 Å². The number of benzene rings is 1. The van der Waals surface area contributed by atoms with Crippen molar-refractivity contribution >= 4 is 21.7 Å². The van der Waals surface area contributed by atoms with Gasteiger partial charge in [-0.3, -0.25) is 9.59 Å². The van der Waals surface area contributed by atoms with Crippen LogP contribution >= 0.6 is 0 Å². The van der Waals surface area contributed by atoms with Crippen LogP contribution in [0, 0.1) is 5.92 Å². The number of carbonyl (C=O) groups excluding carboxylic acids is 1. The largest absolute Gasteiger partial charge is 0.481 e. The zero-order valence-corrected chi connectivity index (χ0v) is 13.9. The van der Waals surface area contributed by atoms with Crippen LogP contribution in [0.1, 0.15) is 36.5 Å². The molecule has 6 nitrogen and oxygen atoms in total. The van der Waals surface area contributed by atoms with Gasteiger partial charge in [-0.2, -0.15) is 0 Å². The lowest BCUT2D eigenvalue weighted by Gasteiger charge is -2.31. The third-order valence-electron chi connectivity index (χ3n) is 3.98. The standard InChI is InChI=1S/C16H21NO5S/c1-2-10-23(21,22)14-8-4-3-7-13(14)15(18)17-9-5-6-12(11-17)16(19)20/h3-4,7-8,12H,2,5-6,9-11H2,1H3,(H,19,20). The summed E-state index contributed by atoms with van der Waals surface area (Å²) in [7, 11) is -3.52. The normalized spacial score (nSPS) is 18.7. The summed E-state index contributed by atoms with van der Waals surface area (Å²) in [6.45, 7) is 2.34. The fourth-order valence-electron chi connectivity index (χ4n) is 2.83. The summed E-state index contributed by atoms with van der Waals surface area (Å²) in [5, 5.41) is 9.13. The second-order valence-electron chi connectivity index (χ2n) is 5.74. The Morgan fingerprint density at radius 2 is 2.00 bits per heavy atom. The van der Waals surface area contributed by atoms with Crippen molar-refractivity contribution < 1.29 is 23.1 Å². The number of carboxylic acid groups (broad SMARTS) is 1. The van der Waals surface area contributed by atoms with Crippen LogP contribution in [0.4, 0.5) is 0 Å². The van der Waals surface area contributed by atoms with Gasteiger partial charge >= 0.3 is 5.97 Å². The molecule has 23 heavy (non-hydrogen) atoms. The van der Waals surface area contributed by atoms with Crippen molar-refractivity contribution in [3.05, 3.63) is 29.8 Å². The van der Waals surface area contributed by atoms with Crippen LogP contribution in [0.25, 0.3) is 0 Å². The van der Waals surface area contributed by atoms with Crippen molar-refractivity contribution in [1.82, 2.24) is 4.90 Å². The highest BCUT2D eigenvalue weighted by Gasteiger charge is 2.31. The Balaban J connectivity index is 2.32. The molecular formula is C16H21NO5S. The lowest BCUT2D eigenvalue weighted by molar-refractivity contribution is -0.143. The summed E-state index contributed by atoms with van der Waals surface area (Å²) in [4.78, 5) is 25.3. The summed E-state index contributed by atoms with van der Waals surface area (Å²) in [5.74, 6) is -1.94. The molecule has 0 aromatic heterocycles. The number of likely N-dealkylation sites (tertiary alicyclic amines) is 1. The van der Waals surface area contributed by atoms with E-state index in [0.29, 0.717) is 25.8 Å². The monoisotopic (exact) mass is 339 g/mol. The molecule has 1 saturated heterocycles. The number of rotatable bonds is 5. The number of nitrogens with zero attached hydrogens (tertiary/aromatic N) is 1. The summed E-state index contributed by atoms with van der Waals surface area (Å²) < 4.78 is 24.7. The summed E-state index contributed by atoms with van der Waals surface area (Å²) in [6.07, 6.45) is 1.61. The number of amides is 1. The summed E-state index contributed by atoms with van der Waals surface area (Å²) >= 11 is 0. The lowest BCUT2D eigenvalue weighted by Crippen LogP contribution is -2.42. The fraction of sp³-hybridized carbons (Fsp3) is 0.500. The molecule has 126 valence electrons. The molecule has 1 amide bonds. The van der Waals surface area contributed by atoms with Crippen LogP contribution in [0.15, 0.2) is 29.2 Å². The Morgan fingerprint density at radius 3 is 2.65 bits per heavy atom. The van der Waals surface area contributed by atoms with E-state index in [1.54, 1.807) is 19.1 Å². The Labute approximate surface area is 136 Å². The van der Waals surface area contributed by atoms with Crippen molar-refractivity contribution in [2.45, 2.75) is 31.1 Å². The van der Waals surface area contributed by atoms with Gasteiger partial charge in [-0.05, 0) is 31.4 Å². The van der Waals surface area contributed by atoms with E-state index in [-0.39, 0.29) is 22.8 Å². The van der Waals surface area contributed by atoms with Crippen molar-refractivity contribution in [1.29, 1.82) is 0 Å². The maximum Gasteiger partial charge on any atom is 0.308 e. The average molecular weight is 339 g/mol. The molecule has 1 aliphatic rings. The first kappa shape index (κ1) is 17.5.